The van der Waals surface area contributed by atoms with E-state index in [0.29, 0.717) is 44.9 Å². The minimum absolute atomic E-state index is 0.0586. The average molecular weight is 317 g/mol. The molecule has 0 aliphatic heterocycles. The van der Waals surface area contributed by atoms with Gasteiger partial charge in [0.05, 0.1) is 5.75 Å². The largest absolute Gasteiger partial charge is 0.382 e. The number of Topliss-reactive ketones (excluding diaryl/α,β-unsaturated/α-hetero) is 1. The molecule has 0 saturated heterocycles. The highest BCUT2D eigenvalue weighted by Crippen LogP contribution is 2.64. The molecule has 2 atom stereocenters. The zero-order chi connectivity index (χ0) is 15.7. The predicted octanol–water partition coefficient (Wildman–Crippen LogP) is 1.73. The first kappa shape index (κ1) is 16.9. The summed E-state index contributed by atoms with van der Waals surface area (Å²) in [6.45, 7) is 7.58. The summed E-state index contributed by atoms with van der Waals surface area (Å²) >= 11 is 0. The molecule has 0 aromatic carbocycles. The Kier molecular flexibility index (Phi) is 4.81. The molecule has 0 heterocycles. The van der Waals surface area contributed by atoms with Gasteiger partial charge in [-0.1, -0.05) is 13.8 Å². The normalized spacial score (nSPS) is 31.0. The molecular weight excluding hydrogens is 290 g/mol. The first-order chi connectivity index (χ1) is 9.75. The van der Waals surface area contributed by atoms with E-state index in [2.05, 4.69) is 18.6 Å². The Balaban J connectivity index is 1.98. The van der Waals surface area contributed by atoms with Crippen LogP contribution in [0.15, 0.2) is 0 Å². The summed E-state index contributed by atoms with van der Waals surface area (Å²) in [7, 11) is -3.43. The van der Waals surface area contributed by atoms with E-state index in [4.69, 9.17) is 4.74 Å². The van der Waals surface area contributed by atoms with E-state index in [1.807, 2.05) is 6.92 Å². The molecule has 2 saturated carbocycles. The smallest absolute Gasteiger partial charge is 0.212 e. The van der Waals surface area contributed by atoms with E-state index in [1.165, 1.54) is 0 Å². The van der Waals surface area contributed by atoms with Gasteiger partial charge in [0.25, 0.3) is 0 Å². The molecule has 21 heavy (non-hydrogen) atoms. The molecule has 2 unspecified atom stereocenters. The number of carbonyl (C=O) groups excluding carboxylic acids is 1. The molecule has 1 N–H and O–H groups in total. The quantitative estimate of drug-likeness (QED) is 0.692. The van der Waals surface area contributed by atoms with E-state index >= 15 is 0 Å². The van der Waals surface area contributed by atoms with Crippen molar-refractivity contribution < 1.29 is 17.9 Å². The van der Waals surface area contributed by atoms with Crippen LogP contribution in [0, 0.1) is 16.7 Å². The van der Waals surface area contributed by atoms with Crippen LogP contribution in [0.1, 0.15) is 46.5 Å². The van der Waals surface area contributed by atoms with Crippen LogP contribution in [0.5, 0.6) is 0 Å². The van der Waals surface area contributed by atoms with Crippen LogP contribution < -0.4 is 4.72 Å². The third-order valence-corrected chi connectivity index (χ3v) is 7.08. The van der Waals surface area contributed by atoms with Crippen LogP contribution in [0.4, 0.5) is 0 Å². The molecule has 122 valence electrons. The fraction of sp³-hybridized carbons (Fsp3) is 0.933. The van der Waals surface area contributed by atoms with E-state index in [1.54, 1.807) is 0 Å². The summed E-state index contributed by atoms with van der Waals surface area (Å²) in [5, 5.41) is 0. The molecular formula is C15H27NO4S. The topological polar surface area (TPSA) is 72.5 Å². The highest BCUT2D eigenvalue weighted by Gasteiger charge is 2.65. The SMILES string of the molecule is CCOCCCNS(=O)(=O)CC12CCC(CC1=O)C2(C)C. The molecule has 2 rings (SSSR count). The number of fused-ring (bicyclic) bond motifs is 2. The molecule has 2 bridgehead atoms. The summed E-state index contributed by atoms with van der Waals surface area (Å²) in [4.78, 5) is 12.4. The van der Waals surface area contributed by atoms with Crippen molar-refractivity contribution in [2.75, 3.05) is 25.5 Å². The Bertz CT molecular complexity index is 500. The average Bonchev–Trinajstić information content (AvgIpc) is 2.72. The number of sulfonamides is 1. The molecule has 2 fully saturated rings. The standard InChI is InChI=1S/C15H27NO4S/c1-4-20-9-5-8-16-21(18,19)11-15-7-6-12(10-13(15)17)14(15,2)3/h12,16H,4-11H2,1-3H3. The van der Waals surface area contributed by atoms with Crippen molar-refractivity contribution in [2.45, 2.75) is 46.5 Å². The highest BCUT2D eigenvalue weighted by atomic mass is 32.2. The Morgan fingerprint density at radius 1 is 1.38 bits per heavy atom. The lowest BCUT2D eigenvalue weighted by molar-refractivity contribution is -0.128. The molecule has 0 spiro atoms. The second kappa shape index (κ2) is 5.97. The Morgan fingerprint density at radius 3 is 2.62 bits per heavy atom. The van der Waals surface area contributed by atoms with Gasteiger partial charge in [-0.15, -0.1) is 0 Å². The maximum absolute atomic E-state index is 12.4. The summed E-state index contributed by atoms with van der Waals surface area (Å²) in [6.07, 6.45) is 2.88. The van der Waals surface area contributed by atoms with Gasteiger partial charge in [0.1, 0.15) is 5.78 Å². The van der Waals surface area contributed by atoms with Crippen molar-refractivity contribution in [3.05, 3.63) is 0 Å². The Labute approximate surface area is 127 Å². The molecule has 0 aromatic heterocycles. The monoisotopic (exact) mass is 317 g/mol. The zero-order valence-corrected chi connectivity index (χ0v) is 14.1. The number of nitrogens with one attached hydrogen (secondary N) is 1. The second-order valence-electron chi connectivity index (χ2n) is 6.87. The molecule has 0 aromatic rings. The summed E-state index contributed by atoms with van der Waals surface area (Å²) in [5.41, 5.74) is -0.881. The van der Waals surface area contributed by atoms with Crippen molar-refractivity contribution in [1.29, 1.82) is 0 Å². The fourth-order valence-electron chi connectivity index (χ4n) is 4.03. The molecule has 2 aliphatic carbocycles. The van der Waals surface area contributed by atoms with Crippen molar-refractivity contribution in [3.8, 4) is 0 Å². The molecule has 0 amide bonds. The zero-order valence-electron chi connectivity index (χ0n) is 13.3. The van der Waals surface area contributed by atoms with Crippen LogP contribution in [-0.2, 0) is 19.6 Å². The summed E-state index contributed by atoms with van der Waals surface area (Å²) < 4.78 is 32.5. The third-order valence-electron chi connectivity index (χ3n) is 5.57. The molecule has 2 aliphatic rings. The fourth-order valence-corrected chi connectivity index (χ4v) is 5.91. The minimum Gasteiger partial charge on any atom is -0.382 e. The minimum atomic E-state index is -3.43. The maximum atomic E-state index is 12.4. The lowest BCUT2D eigenvalue weighted by Gasteiger charge is -2.36. The van der Waals surface area contributed by atoms with Gasteiger partial charge in [0.15, 0.2) is 0 Å². The van der Waals surface area contributed by atoms with Crippen LogP contribution >= 0.6 is 0 Å². The van der Waals surface area contributed by atoms with Crippen molar-refractivity contribution in [2.24, 2.45) is 16.7 Å². The first-order valence-electron chi connectivity index (χ1n) is 7.83. The van der Waals surface area contributed by atoms with E-state index in [-0.39, 0.29) is 17.0 Å². The number of carbonyl (C=O) groups is 1. The first-order valence-corrected chi connectivity index (χ1v) is 9.49. The maximum Gasteiger partial charge on any atom is 0.212 e. The second-order valence-corrected chi connectivity index (χ2v) is 8.68. The van der Waals surface area contributed by atoms with Gasteiger partial charge < -0.3 is 4.74 Å². The molecule has 0 radical (unpaired) electrons. The van der Waals surface area contributed by atoms with Crippen LogP contribution in [0.3, 0.4) is 0 Å². The lowest BCUT2D eigenvalue weighted by atomic mass is 9.70. The van der Waals surface area contributed by atoms with Gasteiger partial charge in [-0.3, -0.25) is 4.79 Å². The number of ketones is 1. The molecule has 5 nitrogen and oxygen atoms in total. The van der Waals surface area contributed by atoms with Crippen LogP contribution in [0.25, 0.3) is 0 Å². The van der Waals surface area contributed by atoms with Crippen LogP contribution in [-0.4, -0.2) is 39.7 Å². The van der Waals surface area contributed by atoms with Crippen molar-refractivity contribution in [3.63, 3.8) is 0 Å². The van der Waals surface area contributed by atoms with Crippen LogP contribution in [0.2, 0.25) is 0 Å². The van der Waals surface area contributed by atoms with Crippen molar-refractivity contribution in [1.82, 2.24) is 4.72 Å². The van der Waals surface area contributed by atoms with Gasteiger partial charge in [-0.25, -0.2) is 13.1 Å². The molecule has 6 heteroatoms. The number of hydrogen-bond acceptors (Lipinski definition) is 4. The Hall–Kier alpha value is -0.460. The van der Waals surface area contributed by atoms with Gasteiger partial charge >= 0.3 is 0 Å². The van der Waals surface area contributed by atoms with E-state index in [0.717, 1.165) is 6.42 Å². The number of rotatable bonds is 8. The predicted molar refractivity (Wildman–Crippen MR) is 81.5 cm³/mol. The van der Waals surface area contributed by atoms with Gasteiger partial charge in [0, 0.05) is 31.6 Å². The van der Waals surface area contributed by atoms with E-state index in [9.17, 15) is 13.2 Å². The number of hydrogen-bond donors (Lipinski definition) is 1. The lowest BCUT2D eigenvalue weighted by Crippen LogP contribution is -2.45. The van der Waals surface area contributed by atoms with Gasteiger partial charge in [-0.05, 0) is 37.5 Å². The van der Waals surface area contributed by atoms with Crippen molar-refractivity contribution >= 4 is 15.8 Å². The highest BCUT2D eigenvalue weighted by molar-refractivity contribution is 7.89. The van der Waals surface area contributed by atoms with Gasteiger partial charge in [-0.2, -0.15) is 0 Å². The Morgan fingerprint density at radius 2 is 2.10 bits per heavy atom. The van der Waals surface area contributed by atoms with E-state index < -0.39 is 15.4 Å². The summed E-state index contributed by atoms with van der Waals surface area (Å²) in [6, 6.07) is 0. The number of ether oxygens (including phenoxy) is 1. The van der Waals surface area contributed by atoms with Gasteiger partial charge in [0.2, 0.25) is 10.0 Å². The summed E-state index contributed by atoms with van der Waals surface area (Å²) in [5.74, 6) is 0.429. The third kappa shape index (κ3) is 3.03.